The van der Waals surface area contributed by atoms with Crippen LogP contribution >= 0.6 is 0 Å². The number of fused-ring (bicyclic) bond motifs is 2. The van der Waals surface area contributed by atoms with Crippen LogP contribution in [0.5, 0.6) is 11.5 Å². The van der Waals surface area contributed by atoms with E-state index in [-0.39, 0.29) is 28.5 Å². The summed E-state index contributed by atoms with van der Waals surface area (Å²) in [4.78, 5) is 2.91. The van der Waals surface area contributed by atoms with E-state index in [2.05, 4.69) is 61.2 Å². The monoisotopic (exact) mass is 529 g/mol. The van der Waals surface area contributed by atoms with Crippen molar-refractivity contribution in [3.8, 4) is 11.5 Å². The van der Waals surface area contributed by atoms with Crippen LogP contribution in [-0.4, -0.2) is 55.6 Å². The number of piperidine rings is 1. The Morgan fingerprint density at radius 3 is 2.59 bits per heavy atom. The molecule has 2 aromatic rings. The first-order valence-electron chi connectivity index (χ1n) is 15.2. The molecule has 2 aromatic carbocycles. The lowest BCUT2D eigenvalue weighted by molar-refractivity contribution is -0.305. The third kappa shape index (κ3) is 3.08. The van der Waals surface area contributed by atoms with Crippen LogP contribution < -0.4 is 9.47 Å². The molecular weight excluding hydrogens is 486 g/mol. The summed E-state index contributed by atoms with van der Waals surface area (Å²) in [7, 11) is 3.72. The summed E-state index contributed by atoms with van der Waals surface area (Å²) in [5.74, 6) is 3.01. The SMILES string of the molecule is COc1ccc2c3c1O[C@H]1C4(OC)CCC5(C[C@@H]4C(C)(C)OCc4ccccc4)[C@@H](C2)N(CC2CC2)CCC315. The van der Waals surface area contributed by atoms with E-state index in [1.54, 1.807) is 7.11 Å². The van der Waals surface area contributed by atoms with E-state index < -0.39 is 5.60 Å². The highest BCUT2D eigenvalue weighted by atomic mass is 16.6. The lowest BCUT2D eigenvalue weighted by atomic mass is 9.34. The molecule has 4 bridgehead atoms. The maximum Gasteiger partial charge on any atom is 0.165 e. The Hall–Kier alpha value is -2.08. The summed E-state index contributed by atoms with van der Waals surface area (Å²) in [6.07, 6.45) is 8.42. The van der Waals surface area contributed by atoms with Gasteiger partial charge in [-0.15, -0.1) is 0 Å². The first kappa shape index (κ1) is 24.7. The summed E-state index contributed by atoms with van der Waals surface area (Å²) in [5.41, 5.74) is 3.55. The molecule has 2 aliphatic heterocycles. The summed E-state index contributed by atoms with van der Waals surface area (Å²) < 4.78 is 26.8. The number of ether oxygens (including phenoxy) is 4. The van der Waals surface area contributed by atoms with Crippen LogP contribution in [-0.2, 0) is 27.9 Å². The summed E-state index contributed by atoms with van der Waals surface area (Å²) in [6, 6.07) is 15.6. The molecule has 1 saturated heterocycles. The third-order valence-corrected chi connectivity index (χ3v) is 12.2. The van der Waals surface area contributed by atoms with E-state index in [1.807, 2.05) is 7.11 Å². The minimum absolute atomic E-state index is 0.0157. The quantitative estimate of drug-likeness (QED) is 0.425. The second kappa shape index (κ2) is 8.24. The molecule has 0 amide bonds. The lowest BCUT2D eigenvalue weighted by Gasteiger charge is -2.75. The van der Waals surface area contributed by atoms with Gasteiger partial charge in [0.05, 0.1) is 19.3 Å². The predicted molar refractivity (Wildman–Crippen MR) is 150 cm³/mol. The van der Waals surface area contributed by atoms with Crippen molar-refractivity contribution in [2.75, 3.05) is 27.3 Å². The second-order valence-electron chi connectivity index (χ2n) is 14.0. The number of methoxy groups -OCH3 is 2. The lowest BCUT2D eigenvalue weighted by Crippen LogP contribution is -2.82. The molecule has 0 N–H and O–H groups in total. The Labute approximate surface area is 233 Å². The molecule has 39 heavy (non-hydrogen) atoms. The molecule has 9 rings (SSSR count). The van der Waals surface area contributed by atoms with Crippen molar-refractivity contribution in [1.82, 2.24) is 4.90 Å². The standard InChI is InChI=1S/C34H43NO4/c1-31(2,38-21-23-8-6-5-7-9-23)26-19-32-14-15-34(26,37-4)30-33(32)16-17-35(20-22-10-11-22)27(32)18-24-12-13-25(36-3)29(39-30)28(24)33/h5-9,12-13,22,26-27,30H,10-11,14-21H2,1-4H3/t26-,27-,30-,32?,33?,34?/m1/s1. The van der Waals surface area contributed by atoms with Crippen molar-refractivity contribution < 1.29 is 18.9 Å². The average molecular weight is 530 g/mol. The van der Waals surface area contributed by atoms with Crippen LogP contribution in [0.25, 0.3) is 0 Å². The Balaban J connectivity index is 1.26. The fourth-order valence-electron chi connectivity index (χ4n) is 10.3. The van der Waals surface area contributed by atoms with Gasteiger partial charge >= 0.3 is 0 Å². The maximum atomic E-state index is 7.22. The van der Waals surface area contributed by atoms with E-state index in [4.69, 9.17) is 18.9 Å². The topological polar surface area (TPSA) is 40.2 Å². The highest BCUT2D eigenvalue weighted by Gasteiger charge is 2.81. The van der Waals surface area contributed by atoms with Gasteiger partial charge in [-0.2, -0.15) is 0 Å². The molecule has 5 nitrogen and oxygen atoms in total. The molecule has 7 aliphatic rings. The van der Waals surface area contributed by atoms with Gasteiger partial charge in [0, 0.05) is 42.0 Å². The van der Waals surface area contributed by atoms with E-state index in [1.165, 1.54) is 42.5 Å². The zero-order valence-corrected chi connectivity index (χ0v) is 24.0. The minimum atomic E-state index is -0.399. The number of nitrogens with zero attached hydrogens (tertiary/aromatic N) is 1. The smallest absolute Gasteiger partial charge is 0.165 e. The Morgan fingerprint density at radius 2 is 1.85 bits per heavy atom. The second-order valence-corrected chi connectivity index (χ2v) is 14.0. The normalized spacial score (nSPS) is 37.9. The average Bonchev–Trinajstić information content (AvgIpc) is 3.70. The molecule has 4 saturated carbocycles. The number of benzene rings is 2. The highest BCUT2D eigenvalue weighted by molar-refractivity contribution is 5.63. The fourth-order valence-corrected chi connectivity index (χ4v) is 10.3. The van der Waals surface area contributed by atoms with Crippen molar-refractivity contribution in [2.45, 2.75) is 94.2 Å². The van der Waals surface area contributed by atoms with Crippen LogP contribution in [0.4, 0.5) is 0 Å². The molecule has 2 spiro atoms. The molecule has 0 aromatic heterocycles. The highest BCUT2D eigenvalue weighted by Crippen LogP contribution is 2.77. The number of hydrogen-bond donors (Lipinski definition) is 0. The van der Waals surface area contributed by atoms with E-state index in [9.17, 15) is 0 Å². The molecule has 0 radical (unpaired) electrons. The van der Waals surface area contributed by atoms with Gasteiger partial charge in [-0.25, -0.2) is 0 Å². The van der Waals surface area contributed by atoms with Crippen molar-refractivity contribution in [3.05, 3.63) is 59.2 Å². The largest absolute Gasteiger partial charge is 0.493 e. The van der Waals surface area contributed by atoms with E-state index in [0.29, 0.717) is 12.6 Å². The molecule has 5 aliphatic carbocycles. The van der Waals surface area contributed by atoms with Crippen LogP contribution in [0.2, 0.25) is 0 Å². The Morgan fingerprint density at radius 1 is 1.03 bits per heavy atom. The molecule has 6 atom stereocenters. The predicted octanol–water partition coefficient (Wildman–Crippen LogP) is 5.92. The van der Waals surface area contributed by atoms with Crippen molar-refractivity contribution in [3.63, 3.8) is 0 Å². The van der Waals surface area contributed by atoms with Crippen molar-refractivity contribution in [1.29, 1.82) is 0 Å². The molecule has 5 heteroatoms. The summed E-state index contributed by atoms with van der Waals surface area (Å²) in [5, 5.41) is 0. The Bertz CT molecular complexity index is 1290. The molecule has 2 heterocycles. The van der Waals surface area contributed by atoms with E-state index >= 15 is 0 Å². The molecule has 3 unspecified atom stereocenters. The van der Waals surface area contributed by atoms with Gasteiger partial charge in [-0.05, 0) is 88.4 Å². The van der Waals surface area contributed by atoms with Crippen LogP contribution in [0, 0.1) is 17.3 Å². The summed E-state index contributed by atoms with van der Waals surface area (Å²) in [6.45, 7) is 7.65. The maximum absolute atomic E-state index is 7.22. The van der Waals surface area contributed by atoms with Crippen LogP contribution in [0.3, 0.4) is 0 Å². The number of rotatable bonds is 8. The first-order chi connectivity index (χ1) is 18.9. The zero-order valence-electron chi connectivity index (χ0n) is 24.0. The number of hydrogen-bond acceptors (Lipinski definition) is 5. The van der Waals surface area contributed by atoms with Gasteiger partial charge in [0.1, 0.15) is 11.7 Å². The Kier molecular flexibility index (Phi) is 5.22. The van der Waals surface area contributed by atoms with Gasteiger partial charge in [0.2, 0.25) is 0 Å². The van der Waals surface area contributed by atoms with Crippen molar-refractivity contribution >= 4 is 0 Å². The van der Waals surface area contributed by atoms with Gasteiger partial charge in [-0.3, -0.25) is 4.90 Å². The fraction of sp³-hybridized carbons (Fsp3) is 0.647. The minimum Gasteiger partial charge on any atom is -0.493 e. The van der Waals surface area contributed by atoms with E-state index in [0.717, 1.165) is 49.6 Å². The zero-order chi connectivity index (χ0) is 26.6. The van der Waals surface area contributed by atoms with Gasteiger partial charge in [0.25, 0.3) is 0 Å². The third-order valence-electron chi connectivity index (χ3n) is 12.2. The van der Waals surface area contributed by atoms with Crippen molar-refractivity contribution in [2.24, 2.45) is 17.3 Å². The summed E-state index contributed by atoms with van der Waals surface area (Å²) >= 11 is 0. The molecular formula is C34H43NO4. The molecule has 5 fully saturated rings. The van der Waals surface area contributed by atoms with Crippen LogP contribution in [0.15, 0.2) is 42.5 Å². The van der Waals surface area contributed by atoms with Gasteiger partial charge in [0.15, 0.2) is 11.5 Å². The van der Waals surface area contributed by atoms with Gasteiger partial charge in [-0.1, -0.05) is 36.4 Å². The van der Waals surface area contributed by atoms with Crippen LogP contribution in [0.1, 0.15) is 69.1 Å². The molecule has 208 valence electrons. The first-order valence-corrected chi connectivity index (χ1v) is 15.2. The number of likely N-dealkylation sites (tertiary alicyclic amines) is 1. The van der Waals surface area contributed by atoms with Gasteiger partial charge < -0.3 is 18.9 Å².